The van der Waals surface area contributed by atoms with Crippen LogP contribution in [0.5, 0.6) is 11.5 Å². The minimum absolute atomic E-state index is 0.0593. The van der Waals surface area contributed by atoms with E-state index in [2.05, 4.69) is 6.08 Å². The van der Waals surface area contributed by atoms with Gasteiger partial charge in [0.05, 0.1) is 14.2 Å². The summed E-state index contributed by atoms with van der Waals surface area (Å²) in [6, 6.07) is 4.41. The zero-order chi connectivity index (χ0) is 18.6. The van der Waals surface area contributed by atoms with Crippen LogP contribution in [0.1, 0.15) is 45.2 Å². The average molecular weight is 343 g/mol. The molecule has 1 aromatic carbocycles. The Labute approximate surface area is 151 Å². The number of amides is 1. The lowest BCUT2D eigenvalue weighted by atomic mass is 9.91. The first-order valence-electron chi connectivity index (χ1n) is 8.83. The number of allylic oxidation sites excluding steroid dienone is 2. The molecule has 2 rings (SSSR count). The van der Waals surface area contributed by atoms with Crippen LogP contribution in [-0.4, -0.2) is 37.1 Å². The number of methoxy groups -OCH3 is 2. The zero-order valence-corrected chi connectivity index (χ0v) is 16.1. The van der Waals surface area contributed by atoms with E-state index in [-0.39, 0.29) is 18.0 Å². The van der Waals surface area contributed by atoms with Gasteiger partial charge < -0.3 is 14.4 Å². The molecular formula is C21H29NO3. The Bertz CT molecular complexity index is 679. The van der Waals surface area contributed by atoms with E-state index in [9.17, 15) is 4.79 Å². The van der Waals surface area contributed by atoms with Crippen LogP contribution < -0.4 is 9.47 Å². The predicted molar refractivity (Wildman–Crippen MR) is 102 cm³/mol. The second-order valence-corrected chi connectivity index (χ2v) is 6.89. The number of carbonyl (C=O) groups excluding carboxylic acids is 1. The molecule has 0 aliphatic heterocycles. The number of hydrogen-bond acceptors (Lipinski definition) is 3. The Morgan fingerprint density at radius 3 is 2.20 bits per heavy atom. The van der Waals surface area contributed by atoms with E-state index in [1.165, 1.54) is 5.56 Å². The molecule has 0 unspecified atom stereocenters. The highest BCUT2D eigenvalue weighted by Crippen LogP contribution is 2.35. The number of ether oxygens (including phenoxy) is 2. The Morgan fingerprint density at radius 1 is 1.04 bits per heavy atom. The topological polar surface area (TPSA) is 38.8 Å². The van der Waals surface area contributed by atoms with Gasteiger partial charge in [-0.1, -0.05) is 12.2 Å². The number of rotatable bonds is 6. The summed E-state index contributed by atoms with van der Waals surface area (Å²) in [5.41, 5.74) is 3.52. The summed E-state index contributed by atoms with van der Waals surface area (Å²) >= 11 is 0. The fraction of sp³-hybridized carbons (Fsp3) is 0.476. The number of fused-ring (bicyclic) bond motifs is 1. The van der Waals surface area contributed by atoms with Gasteiger partial charge in [0.1, 0.15) is 0 Å². The van der Waals surface area contributed by atoms with Gasteiger partial charge in [0, 0.05) is 18.2 Å². The third kappa shape index (κ3) is 4.44. The molecule has 0 fully saturated rings. The van der Waals surface area contributed by atoms with Crippen LogP contribution in [0.4, 0.5) is 0 Å². The van der Waals surface area contributed by atoms with Gasteiger partial charge in [-0.25, -0.2) is 0 Å². The molecule has 25 heavy (non-hydrogen) atoms. The van der Waals surface area contributed by atoms with Crippen LogP contribution in [0.2, 0.25) is 0 Å². The van der Waals surface area contributed by atoms with Crippen molar-refractivity contribution in [2.24, 2.45) is 0 Å². The number of hydrogen-bond donors (Lipinski definition) is 0. The molecule has 0 radical (unpaired) electrons. The molecule has 4 nitrogen and oxygen atoms in total. The van der Waals surface area contributed by atoms with Crippen LogP contribution in [0.25, 0.3) is 6.08 Å². The summed E-state index contributed by atoms with van der Waals surface area (Å²) in [5, 5.41) is 0. The average Bonchev–Trinajstić information content (AvgIpc) is 2.57. The number of benzene rings is 1. The number of nitrogens with zero attached hydrogens (tertiary/aromatic N) is 1. The van der Waals surface area contributed by atoms with Gasteiger partial charge in [-0.05, 0) is 69.4 Å². The first-order valence-corrected chi connectivity index (χ1v) is 8.83. The molecule has 0 saturated carbocycles. The van der Waals surface area contributed by atoms with Crippen molar-refractivity contribution in [2.75, 3.05) is 14.2 Å². The Morgan fingerprint density at radius 2 is 1.64 bits per heavy atom. The maximum atomic E-state index is 12.5. The molecule has 0 aromatic heterocycles. The van der Waals surface area contributed by atoms with Gasteiger partial charge in [0.15, 0.2) is 11.5 Å². The molecule has 0 atom stereocenters. The monoisotopic (exact) mass is 343 g/mol. The van der Waals surface area contributed by atoms with E-state index in [0.717, 1.165) is 35.5 Å². The van der Waals surface area contributed by atoms with Gasteiger partial charge in [-0.3, -0.25) is 4.79 Å². The van der Waals surface area contributed by atoms with E-state index in [0.29, 0.717) is 0 Å². The van der Waals surface area contributed by atoms with Crippen molar-refractivity contribution < 1.29 is 14.3 Å². The van der Waals surface area contributed by atoms with E-state index >= 15 is 0 Å². The molecule has 0 bridgehead atoms. The van der Waals surface area contributed by atoms with E-state index < -0.39 is 0 Å². The molecule has 1 amide bonds. The molecule has 4 heteroatoms. The molecule has 0 N–H and O–H groups in total. The predicted octanol–water partition coefficient (Wildman–Crippen LogP) is 4.24. The Kier molecular flexibility index (Phi) is 6.29. The smallest absolute Gasteiger partial charge is 0.247 e. The van der Waals surface area contributed by atoms with Gasteiger partial charge in [0.25, 0.3) is 0 Å². The Hall–Kier alpha value is -2.23. The van der Waals surface area contributed by atoms with Crippen LogP contribution in [0.3, 0.4) is 0 Å². The SMILES string of the molecule is COc1cc2c(cc1OC)CCC(/C=C/C(=O)N(C(C)C)C(C)C)=C2. The lowest BCUT2D eigenvalue weighted by Gasteiger charge is -2.29. The maximum absolute atomic E-state index is 12.5. The van der Waals surface area contributed by atoms with Gasteiger partial charge in [-0.2, -0.15) is 0 Å². The van der Waals surface area contributed by atoms with Crippen molar-refractivity contribution >= 4 is 12.0 Å². The summed E-state index contributed by atoms with van der Waals surface area (Å²) in [5.74, 6) is 1.54. The second kappa shape index (κ2) is 8.24. The number of aryl methyl sites for hydroxylation is 1. The fourth-order valence-corrected chi connectivity index (χ4v) is 3.34. The largest absolute Gasteiger partial charge is 0.493 e. The second-order valence-electron chi connectivity index (χ2n) is 6.89. The van der Waals surface area contributed by atoms with Gasteiger partial charge in [-0.15, -0.1) is 0 Å². The molecule has 0 saturated heterocycles. The van der Waals surface area contributed by atoms with E-state index in [4.69, 9.17) is 9.47 Å². The van der Waals surface area contributed by atoms with Crippen molar-refractivity contribution in [3.63, 3.8) is 0 Å². The fourth-order valence-electron chi connectivity index (χ4n) is 3.34. The van der Waals surface area contributed by atoms with Gasteiger partial charge >= 0.3 is 0 Å². The standard InChI is InChI=1S/C21H29NO3/c1-14(2)22(15(3)4)21(23)10-8-16-7-9-17-12-19(24-5)20(25-6)13-18(17)11-16/h8,10-15H,7,9H2,1-6H3/b10-8+. The third-order valence-corrected chi connectivity index (χ3v) is 4.48. The zero-order valence-electron chi connectivity index (χ0n) is 16.1. The molecule has 136 valence electrons. The highest BCUT2D eigenvalue weighted by molar-refractivity contribution is 5.89. The normalized spacial score (nSPS) is 13.8. The summed E-state index contributed by atoms with van der Waals surface area (Å²) in [6.07, 6.45) is 7.60. The lowest BCUT2D eigenvalue weighted by molar-refractivity contribution is -0.129. The first-order chi connectivity index (χ1) is 11.9. The van der Waals surface area contributed by atoms with Crippen LogP contribution in [0.15, 0.2) is 29.9 Å². The summed E-state index contributed by atoms with van der Waals surface area (Å²) < 4.78 is 10.8. The van der Waals surface area contributed by atoms with Crippen LogP contribution in [-0.2, 0) is 11.2 Å². The lowest BCUT2D eigenvalue weighted by Crippen LogP contribution is -2.41. The molecule has 1 aliphatic carbocycles. The van der Waals surface area contributed by atoms with Crippen molar-refractivity contribution in [3.05, 3.63) is 41.0 Å². The minimum Gasteiger partial charge on any atom is -0.493 e. The van der Waals surface area contributed by atoms with E-state index in [1.807, 2.05) is 50.8 Å². The molecule has 0 spiro atoms. The molecule has 1 aromatic rings. The molecule has 1 aliphatic rings. The van der Waals surface area contributed by atoms with Crippen molar-refractivity contribution in [1.29, 1.82) is 0 Å². The van der Waals surface area contributed by atoms with Crippen LogP contribution in [0, 0.1) is 0 Å². The highest BCUT2D eigenvalue weighted by Gasteiger charge is 2.18. The van der Waals surface area contributed by atoms with E-state index in [1.54, 1.807) is 20.3 Å². The highest BCUT2D eigenvalue weighted by atomic mass is 16.5. The Balaban J connectivity index is 2.22. The van der Waals surface area contributed by atoms with Gasteiger partial charge in [0.2, 0.25) is 5.91 Å². The van der Waals surface area contributed by atoms with Crippen LogP contribution >= 0.6 is 0 Å². The van der Waals surface area contributed by atoms with Crippen molar-refractivity contribution in [1.82, 2.24) is 4.90 Å². The van der Waals surface area contributed by atoms with Crippen molar-refractivity contribution in [2.45, 2.75) is 52.6 Å². The third-order valence-electron chi connectivity index (χ3n) is 4.48. The number of carbonyl (C=O) groups is 1. The van der Waals surface area contributed by atoms with Crippen molar-refractivity contribution in [3.8, 4) is 11.5 Å². The maximum Gasteiger partial charge on any atom is 0.247 e. The quantitative estimate of drug-likeness (QED) is 0.725. The minimum atomic E-state index is 0.0593. The first kappa shape index (κ1) is 19.1. The molecule has 0 heterocycles. The molecular weight excluding hydrogens is 314 g/mol. The summed E-state index contributed by atoms with van der Waals surface area (Å²) in [7, 11) is 3.29. The summed E-state index contributed by atoms with van der Waals surface area (Å²) in [4.78, 5) is 14.4. The summed E-state index contributed by atoms with van der Waals surface area (Å²) in [6.45, 7) is 8.17.